The minimum atomic E-state index is -0.703. The Bertz CT molecular complexity index is 1450. The molecule has 0 saturated carbocycles. The van der Waals surface area contributed by atoms with Crippen LogP contribution in [0.25, 0.3) is 22.6 Å². The van der Waals surface area contributed by atoms with Crippen molar-refractivity contribution < 1.29 is 8.78 Å². The van der Waals surface area contributed by atoms with Crippen LogP contribution in [0.2, 0.25) is 0 Å². The summed E-state index contributed by atoms with van der Waals surface area (Å²) >= 11 is 0. The van der Waals surface area contributed by atoms with Gasteiger partial charge in [-0.25, -0.2) is 23.4 Å². The van der Waals surface area contributed by atoms with Gasteiger partial charge in [0.1, 0.15) is 17.5 Å². The van der Waals surface area contributed by atoms with Crippen molar-refractivity contribution in [3.63, 3.8) is 0 Å². The van der Waals surface area contributed by atoms with E-state index in [-0.39, 0.29) is 17.7 Å². The van der Waals surface area contributed by atoms with Gasteiger partial charge < -0.3 is 9.80 Å². The van der Waals surface area contributed by atoms with Crippen LogP contribution < -0.4 is 10.5 Å². The second-order valence-electron chi connectivity index (χ2n) is 9.46. The predicted molar refractivity (Wildman–Crippen MR) is 139 cm³/mol. The summed E-state index contributed by atoms with van der Waals surface area (Å²) in [6.07, 6.45) is 3.94. The Hall–Kier alpha value is -3.98. The van der Waals surface area contributed by atoms with Crippen molar-refractivity contribution in [3.05, 3.63) is 94.4 Å². The molecule has 1 fully saturated rings. The van der Waals surface area contributed by atoms with E-state index in [1.807, 2.05) is 30.3 Å². The van der Waals surface area contributed by atoms with E-state index >= 15 is 0 Å². The van der Waals surface area contributed by atoms with Crippen molar-refractivity contribution in [2.45, 2.75) is 25.4 Å². The van der Waals surface area contributed by atoms with Gasteiger partial charge >= 0.3 is 0 Å². The number of benzene rings is 2. The normalized spacial score (nSPS) is 14.6. The molecule has 1 aliphatic heterocycles. The first-order valence-electron chi connectivity index (χ1n) is 12.2. The number of likely N-dealkylation sites (tertiary alicyclic amines) is 1. The summed E-state index contributed by atoms with van der Waals surface area (Å²) in [6, 6.07) is 16.0. The van der Waals surface area contributed by atoms with Gasteiger partial charge in [0.05, 0.1) is 12.2 Å². The lowest BCUT2D eigenvalue weighted by molar-refractivity contribution is 0.252. The SMILES string of the molecule is CN1CCC(N(C)c2ccnc(-c3cccc(Cn4nc(-c5cc(F)cc(F)c5)ccc4=O)c3)n2)CC1. The fraction of sp³-hybridized carbons (Fsp3) is 0.286. The molecule has 0 amide bonds. The van der Waals surface area contributed by atoms with Crippen molar-refractivity contribution >= 4 is 5.82 Å². The molecule has 1 saturated heterocycles. The molecule has 1 aliphatic rings. The molecule has 37 heavy (non-hydrogen) atoms. The Balaban J connectivity index is 1.38. The van der Waals surface area contributed by atoms with E-state index in [4.69, 9.17) is 4.98 Å². The van der Waals surface area contributed by atoms with Gasteiger partial charge in [-0.15, -0.1) is 0 Å². The Morgan fingerprint density at radius 3 is 2.49 bits per heavy atom. The van der Waals surface area contributed by atoms with Crippen LogP contribution in [0.15, 0.2) is 71.7 Å². The molecule has 2 aromatic heterocycles. The van der Waals surface area contributed by atoms with E-state index < -0.39 is 11.6 Å². The number of hydrogen-bond acceptors (Lipinski definition) is 6. The molecule has 190 valence electrons. The second-order valence-corrected chi connectivity index (χ2v) is 9.46. The van der Waals surface area contributed by atoms with Crippen LogP contribution in [-0.4, -0.2) is 57.9 Å². The van der Waals surface area contributed by atoms with Crippen molar-refractivity contribution in [2.24, 2.45) is 0 Å². The van der Waals surface area contributed by atoms with Gasteiger partial charge in [0.2, 0.25) is 0 Å². The molecular formula is C28H28F2N6O. The van der Waals surface area contributed by atoms with E-state index in [1.54, 1.807) is 6.20 Å². The summed E-state index contributed by atoms with van der Waals surface area (Å²) in [5.74, 6) is 0.0678. The van der Waals surface area contributed by atoms with Gasteiger partial charge in [0, 0.05) is 42.5 Å². The van der Waals surface area contributed by atoms with Crippen LogP contribution >= 0.6 is 0 Å². The van der Waals surface area contributed by atoms with Crippen molar-refractivity contribution in [2.75, 3.05) is 32.1 Å². The van der Waals surface area contributed by atoms with Gasteiger partial charge in [-0.2, -0.15) is 5.10 Å². The molecule has 0 bridgehead atoms. The van der Waals surface area contributed by atoms with E-state index in [0.29, 0.717) is 17.6 Å². The van der Waals surface area contributed by atoms with Gasteiger partial charge in [0.25, 0.3) is 5.56 Å². The molecule has 0 spiro atoms. The second kappa shape index (κ2) is 10.6. The molecular weight excluding hydrogens is 474 g/mol. The fourth-order valence-corrected chi connectivity index (χ4v) is 4.65. The summed E-state index contributed by atoms with van der Waals surface area (Å²) < 4.78 is 28.7. The Morgan fingerprint density at radius 1 is 0.973 bits per heavy atom. The molecule has 0 atom stereocenters. The highest BCUT2D eigenvalue weighted by Crippen LogP contribution is 2.24. The lowest BCUT2D eigenvalue weighted by Gasteiger charge is -2.35. The van der Waals surface area contributed by atoms with Crippen molar-refractivity contribution in [3.8, 4) is 22.6 Å². The first-order valence-corrected chi connectivity index (χ1v) is 12.2. The van der Waals surface area contributed by atoms with Crippen LogP contribution in [0.5, 0.6) is 0 Å². The molecule has 9 heteroatoms. The summed E-state index contributed by atoms with van der Waals surface area (Å²) in [5, 5.41) is 4.35. The number of hydrogen-bond donors (Lipinski definition) is 0. The van der Waals surface area contributed by atoms with E-state index in [0.717, 1.165) is 48.9 Å². The lowest BCUT2D eigenvalue weighted by Crippen LogP contribution is -2.42. The number of piperidine rings is 1. The van der Waals surface area contributed by atoms with Crippen molar-refractivity contribution in [1.82, 2.24) is 24.6 Å². The maximum atomic E-state index is 13.7. The summed E-state index contributed by atoms with van der Waals surface area (Å²) in [7, 11) is 4.22. The molecule has 0 aliphatic carbocycles. The molecule has 5 rings (SSSR count). The van der Waals surface area contributed by atoms with Crippen LogP contribution in [0.1, 0.15) is 18.4 Å². The topological polar surface area (TPSA) is 67.2 Å². The zero-order valence-electron chi connectivity index (χ0n) is 20.8. The largest absolute Gasteiger partial charge is 0.356 e. The van der Waals surface area contributed by atoms with Crippen LogP contribution in [-0.2, 0) is 6.54 Å². The fourth-order valence-electron chi connectivity index (χ4n) is 4.65. The summed E-state index contributed by atoms with van der Waals surface area (Å²) in [5.41, 5.74) is 1.91. The number of aromatic nitrogens is 4. The van der Waals surface area contributed by atoms with Gasteiger partial charge in [-0.1, -0.05) is 18.2 Å². The molecule has 0 radical (unpaired) electrons. The Kier molecular flexibility index (Phi) is 7.05. The standard InChI is InChI=1S/C28H28F2N6O/c1-34-12-9-24(10-13-34)35(2)26-8-11-31-28(32-26)20-5-3-4-19(14-20)18-36-27(37)7-6-25(33-36)21-15-22(29)17-23(30)16-21/h3-8,11,14-17,24H,9-10,12-13,18H2,1-2H3. The number of rotatable bonds is 6. The smallest absolute Gasteiger partial charge is 0.267 e. The highest BCUT2D eigenvalue weighted by atomic mass is 19.1. The minimum Gasteiger partial charge on any atom is -0.356 e. The Morgan fingerprint density at radius 2 is 1.73 bits per heavy atom. The van der Waals surface area contributed by atoms with Gasteiger partial charge in [-0.05, 0) is 68.9 Å². The third-order valence-corrected chi connectivity index (χ3v) is 6.78. The van der Waals surface area contributed by atoms with E-state index in [2.05, 4.69) is 34.0 Å². The first-order chi connectivity index (χ1) is 17.9. The third-order valence-electron chi connectivity index (χ3n) is 6.78. The third kappa shape index (κ3) is 5.72. The molecule has 3 heterocycles. The van der Waals surface area contributed by atoms with E-state index in [1.165, 1.54) is 28.9 Å². The zero-order chi connectivity index (χ0) is 25.9. The van der Waals surface area contributed by atoms with Gasteiger partial charge in [-0.3, -0.25) is 4.79 Å². The van der Waals surface area contributed by atoms with Crippen LogP contribution in [0.4, 0.5) is 14.6 Å². The zero-order valence-corrected chi connectivity index (χ0v) is 20.8. The predicted octanol–water partition coefficient (Wildman–Crippen LogP) is 4.22. The van der Waals surface area contributed by atoms with Crippen LogP contribution in [0, 0.1) is 11.6 Å². The van der Waals surface area contributed by atoms with Gasteiger partial charge in [0.15, 0.2) is 5.82 Å². The minimum absolute atomic E-state index is 0.188. The maximum absolute atomic E-state index is 13.7. The molecule has 7 nitrogen and oxygen atoms in total. The summed E-state index contributed by atoms with van der Waals surface area (Å²) in [4.78, 5) is 26.4. The number of nitrogens with zero attached hydrogens (tertiary/aromatic N) is 6. The number of halogens is 2. The number of anilines is 1. The monoisotopic (exact) mass is 502 g/mol. The summed E-state index contributed by atoms with van der Waals surface area (Å²) in [6.45, 7) is 2.32. The Labute approximate surface area is 214 Å². The average Bonchev–Trinajstić information content (AvgIpc) is 2.90. The quantitative estimate of drug-likeness (QED) is 0.393. The molecule has 0 unspecified atom stereocenters. The maximum Gasteiger partial charge on any atom is 0.267 e. The molecule has 0 N–H and O–H groups in total. The van der Waals surface area contributed by atoms with Crippen LogP contribution in [0.3, 0.4) is 0 Å². The molecule has 2 aromatic carbocycles. The lowest BCUT2D eigenvalue weighted by atomic mass is 10.0. The van der Waals surface area contributed by atoms with Crippen molar-refractivity contribution in [1.29, 1.82) is 0 Å². The molecule has 4 aromatic rings. The highest BCUT2D eigenvalue weighted by Gasteiger charge is 2.22. The highest BCUT2D eigenvalue weighted by molar-refractivity contribution is 5.59. The first kappa shape index (κ1) is 24.7. The van der Waals surface area contributed by atoms with E-state index in [9.17, 15) is 13.6 Å². The average molecular weight is 503 g/mol.